The second kappa shape index (κ2) is 4.25. The number of hydrogen-bond acceptors (Lipinski definition) is 4. The summed E-state index contributed by atoms with van der Waals surface area (Å²) in [6, 6.07) is 0. The topological polar surface area (TPSA) is 93.1 Å². The average Bonchev–Trinajstić information content (AvgIpc) is 2.49. The molecule has 2 atom stereocenters. The van der Waals surface area contributed by atoms with Crippen molar-refractivity contribution in [3.05, 3.63) is 12.7 Å². The van der Waals surface area contributed by atoms with Crippen LogP contribution in [-0.4, -0.2) is 41.5 Å². The van der Waals surface area contributed by atoms with Crippen LogP contribution in [0.5, 0.6) is 0 Å². The molecule has 0 aliphatic carbocycles. The fourth-order valence-electron chi connectivity index (χ4n) is 1.12. The van der Waals surface area contributed by atoms with E-state index in [1.54, 1.807) is 0 Å². The van der Waals surface area contributed by atoms with Gasteiger partial charge in [-0.05, 0) is 0 Å². The lowest BCUT2D eigenvalue weighted by Gasteiger charge is -2.08. The van der Waals surface area contributed by atoms with Crippen LogP contribution in [0.1, 0.15) is 0 Å². The Morgan fingerprint density at radius 3 is 2.00 bits per heavy atom. The van der Waals surface area contributed by atoms with Crippen molar-refractivity contribution in [2.75, 3.05) is 0 Å². The second-order valence-electron chi connectivity index (χ2n) is 2.74. The molecule has 76 valence electrons. The van der Waals surface area contributed by atoms with Crippen LogP contribution in [0, 0.1) is 0 Å². The van der Waals surface area contributed by atoms with Crippen molar-refractivity contribution in [2.24, 2.45) is 0 Å². The monoisotopic (exact) mass is 200 g/mol. The van der Waals surface area contributed by atoms with Gasteiger partial charge in [-0.3, -0.25) is 0 Å². The summed E-state index contributed by atoms with van der Waals surface area (Å²) in [6.07, 6.45) is -1.17. The Kier molecular flexibility index (Phi) is 3.26. The number of rotatable bonds is 4. The van der Waals surface area contributed by atoms with Gasteiger partial charge in [-0.15, -0.1) is 6.58 Å². The summed E-state index contributed by atoms with van der Waals surface area (Å²) in [5.74, 6) is -2.69. The van der Waals surface area contributed by atoms with Crippen molar-refractivity contribution in [2.45, 2.75) is 18.5 Å². The SMILES string of the molecule is C=CCB1O[C@H](C(=O)O)[C@@H](C(=O)O)O1. The zero-order valence-electron chi connectivity index (χ0n) is 7.25. The van der Waals surface area contributed by atoms with Gasteiger partial charge in [0.25, 0.3) is 0 Å². The normalized spacial score (nSPS) is 26.1. The molecule has 0 unspecified atom stereocenters. The Bertz CT molecular complexity index is 243. The summed E-state index contributed by atoms with van der Waals surface area (Å²) in [4.78, 5) is 21.1. The molecule has 0 aromatic carbocycles. The Hall–Kier alpha value is -1.34. The van der Waals surface area contributed by atoms with E-state index < -0.39 is 31.3 Å². The highest BCUT2D eigenvalue weighted by molar-refractivity contribution is 6.46. The van der Waals surface area contributed by atoms with E-state index in [1.807, 2.05) is 0 Å². The highest BCUT2D eigenvalue weighted by atomic mass is 16.7. The molecule has 0 saturated carbocycles. The van der Waals surface area contributed by atoms with Crippen LogP contribution in [0.3, 0.4) is 0 Å². The standard InChI is InChI=1S/C7H9BO6/c1-2-3-8-13-4(6(9)10)5(14-8)7(11)12/h2,4-5H,1,3H2,(H,9,10)(H,11,12)/t4-,5-/m0/s1. The summed E-state index contributed by atoms with van der Waals surface area (Å²) in [5, 5.41) is 17.2. The summed E-state index contributed by atoms with van der Waals surface area (Å²) in [7, 11) is -0.838. The van der Waals surface area contributed by atoms with Crippen LogP contribution in [0.25, 0.3) is 0 Å². The molecule has 1 heterocycles. The van der Waals surface area contributed by atoms with Gasteiger partial charge < -0.3 is 19.5 Å². The molecule has 7 heteroatoms. The molecule has 0 spiro atoms. The van der Waals surface area contributed by atoms with Crippen LogP contribution in [0.4, 0.5) is 0 Å². The zero-order valence-corrected chi connectivity index (χ0v) is 7.25. The van der Waals surface area contributed by atoms with E-state index in [-0.39, 0.29) is 6.32 Å². The van der Waals surface area contributed by atoms with Gasteiger partial charge in [-0.1, -0.05) is 6.08 Å². The average molecular weight is 200 g/mol. The fourth-order valence-corrected chi connectivity index (χ4v) is 1.12. The molecule has 1 aliphatic rings. The molecule has 6 nitrogen and oxygen atoms in total. The molecule has 1 saturated heterocycles. The van der Waals surface area contributed by atoms with E-state index >= 15 is 0 Å². The zero-order chi connectivity index (χ0) is 10.7. The van der Waals surface area contributed by atoms with E-state index in [4.69, 9.17) is 19.5 Å². The van der Waals surface area contributed by atoms with Gasteiger partial charge in [-0.25, -0.2) is 9.59 Å². The van der Waals surface area contributed by atoms with Crippen molar-refractivity contribution >= 4 is 19.1 Å². The highest BCUT2D eigenvalue weighted by Gasteiger charge is 2.46. The van der Waals surface area contributed by atoms with Gasteiger partial charge >= 0.3 is 19.1 Å². The van der Waals surface area contributed by atoms with E-state index in [1.165, 1.54) is 6.08 Å². The minimum absolute atomic E-state index is 0.257. The summed E-state index contributed by atoms with van der Waals surface area (Å²) in [6.45, 7) is 3.41. The Morgan fingerprint density at radius 1 is 1.29 bits per heavy atom. The summed E-state index contributed by atoms with van der Waals surface area (Å²) >= 11 is 0. The number of hydrogen-bond donors (Lipinski definition) is 2. The molecule has 1 rings (SSSR count). The van der Waals surface area contributed by atoms with Crippen LogP contribution in [0.15, 0.2) is 12.7 Å². The van der Waals surface area contributed by atoms with Crippen molar-refractivity contribution in [3.8, 4) is 0 Å². The minimum atomic E-state index is -1.45. The van der Waals surface area contributed by atoms with E-state index in [0.717, 1.165) is 0 Å². The maximum Gasteiger partial charge on any atom is 0.462 e. The Balaban J connectivity index is 2.69. The fraction of sp³-hybridized carbons (Fsp3) is 0.429. The van der Waals surface area contributed by atoms with Gasteiger partial charge in [0.2, 0.25) is 0 Å². The maximum absolute atomic E-state index is 10.6. The van der Waals surface area contributed by atoms with Crippen LogP contribution in [-0.2, 0) is 18.9 Å². The van der Waals surface area contributed by atoms with Crippen LogP contribution in [0.2, 0.25) is 6.32 Å². The molecule has 2 N–H and O–H groups in total. The Morgan fingerprint density at radius 2 is 1.71 bits per heavy atom. The molecule has 0 amide bonds. The minimum Gasteiger partial charge on any atom is -0.479 e. The van der Waals surface area contributed by atoms with Gasteiger partial charge in [-0.2, -0.15) is 0 Å². The summed E-state index contributed by atoms with van der Waals surface area (Å²) < 4.78 is 9.73. The first kappa shape index (κ1) is 10.7. The van der Waals surface area contributed by atoms with Gasteiger partial charge in [0.15, 0.2) is 12.2 Å². The predicted octanol–water partition coefficient (Wildman–Crippen LogP) is -0.386. The molecule has 0 aromatic heterocycles. The molecule has 0 radical (unpaired) electrons. The van der Waals surface area contributed by atoms with Crippen molar-refractivity contribution in [3.63, 3.8) is 0 Å². The lowest BCUT2D eigenvalue weighted by Crippen LogP contribution is -2.36. The smallest absolute Gasteiger partial charge is 0.462 e. The molecular weight excluding hydrogens is 191 g/mol. The lowest BCUT2D eigenvalue weighted by molar-refractivity contribution is -0.156. The molecule has 1 aliphatic heterocycles. The predicted molar refractivity (Wildman–Crippen MR) is 45.8 cm³/mol. The molecule has 1 fully saturated rings. The van der Waals surface area contributed by atoms with Crippen molar-refractivity contribution < 1.29 is 29.1 Å². The number of allylic oxidation sites excluding steroid dienone is 1. The second-order valence-corrected chi connectivity index (χ2v) is 2.74. The lowest BCUT2D eigenvalue weighted by atomic mass is 9.85. The van der Waals surface area contributed by atoms with E-state index in [0.29, 0.717) is 0 Å². The van der Waals surface area contributed by atoms with E-state index in [9.17, 15) is 9.59 Å². The third-order valence-electron chi connectivity index (χ3n) is 1.72. The van der Waals surface area contributed by atoms with Crippen molar-refractivity contribution in [1.82, 2.24) is 0 Å². The highest BCUT2D eigenvalue weighted by Crippen LogP contribution is 2.19. The van der Waals surface area contributed by atoms with Crippen molar-refractivity contribution in [1.29, 1.82) is 0 Å². The molecule has 0 bridgehead atoms. The van der Waals surface area contributed by atoms with E-state index in [2.05, 4.69) is 6.58 Å². The van der Waals surface area contributed by atoms with Gasteiger partial charge in [0.05, 0.1) is 0 Å². The van der Waals surface area contributed by atoms with Crippen LogP contribution < -0.4 is 0 Å². The third kappa shape index (κ3) is 2.12. The number of carboxylic acids is 2. The molecular formula is C7H9BO6. The number of carbonyl (C=O) groups is 2. The van der Waals surface area contributed by atoms with Crippen LogP contribution >= 0.6 is 0 Å². The largest absolute Gasteiger partial charge is 0.479 e. The third-order valence-corrected chi connectivity index (χ3v) is 1.72. The quantitative estimate of drug-likeness (QED) is 0.474. The Labute approximate surface area is 80.3 Å². The number of aliphatic carboxylic acids is 2. The molecule has 14 heavy (non-hydrogen) atoms. The van der Waals surface area contributed by atoms with Gasteiger partial charge in [0.1, 0.15) is 0 Å². The van der Waals surface area contributed by atoms with Gasteiger partial charge in [0, 0.05) is 6.32 Å². The maximum atomic E-state index is 10.6. The first-order valence-corrected chi connectivity index (χ1v) is 3.93. The first-order valence-electron chi connectivity index (χ1n) is 3.93. The summed E-state index contributed by atoms with van der Waals surface area (Å²) in [5.41, 5.74) is 0. The first-order chi connectivity index (χ1) is 6.56. The number of carboxylic acid groups (broad SMARTS) is 2. The molecule has 0 aromatic rings.